The molecule has 0 fully saturated rings. The Morgan fingerprint density at radius 1 is 0.450 bits per heavy atom. The molecule has 0 amide bonds. The van der Waals surface area contributed by atoms with Crippen molar-refractivity contribution in [3.05, 3.63) is 85.3 Å². The molecule has 100 valence electrons. The first-order valence-electron chi connectivity index (χ1n) is 7.02. The van der Waals surface area contributed by atoms with E-state index >= 15 is 0 Å². The molecular formula is C17H17N3. The monoisotopic (exact) mass is 263 g/mol. The first kappa shape index (κ1) is 11.6. The molecule has 4 rings (SSSR count). The lowest BCUT2D eigenvalue weighted by atomic mass is 10.3. The molecule has 4 aliphatic rings. The van der Waals surface area contributed by atoms with Crippen molar-refractivity contribution in [2.24, 2.45) is 0 Å². The van der Waals surface area contributed by atoms with Gasteiger partial charge in [0.2, 0.25) is 0 Å². The normalized spacial score (nSPS) is 25.6. The largest absolute Gasteiger partial charge is 0.282 e. The highest BCUT2D eigenvalue weighted by Gasteiger charge is 2.35. The van der Waals surface area contributed by atoms with E-state index in [0.29, 0.717) is 12.1 Å². The van der Waals surface area contributed by atoms with E-state index < -0.39 is 0 Å². The summed E-state index contributed by atoms with van der Waals surface area (Å²) in [7, 11) is 0. The van der Waals surface area contributed by atoms with Gasteiger partial charge in [0.05, 0.1) is 18.1 Å². The standard InChI is InChI=1S/C17H17N3/c1-2-8-15(7-1)18-13-14-19(16-9-3-4-10-16)20(18)17-11-5-6-12-17/h1-17H. The van der Waals surface area contributed by atoms with Crippen LogP contribution in [0.15, 0.2) is 85.3 Å². The summed E-state index contributed by atoms with van der Waals surface area (Å²) in [5, 5.41) is 6.88. The third kappa shape index (κ3) is 1.79. The maximum absolute atomic E-state index is 2.31. The number of nitrogens with zero attached hydrogens (tertiary/aromatic N) is 3. The molecule has 0 aromatic heterocycles. The third-order valence-corrected chi connectivity index (χ3v) is 3.91. The van der Waals surface area contributed by atoms with Crippen molar-refractivity contribution in [1.29, 1.82) is 0 Å². The van der Waals surface area contributed by atoms with Gasteiger partial charge in [-0.1, -0.05) is 72.9 Å². The molecule has 1 heterocycles. The Morgan fingerprint density at radius 2 is 0.800 bits per heavy atom. The molecule has 0 N–H and O–H groups in total. The summed E-state index contributed by atoms with van der Waals surface area (Å²) in [5.74, 6) is 0. The zero-order chi connectivity index (χ0) is 13.4. The zero-order valence-electron chi connectivity index (χ0n) is 11.2. The van der Waals surface area contributed by atoms with Crippen LogP contribution in [-0.4, -0.2) is 33.3 Å². The molecular weight excluding hydrogens is 246 g/mol. The quantitative estimate of drug-likeness (QED) is 0.775. The van der Waals surface area contributed by atoms with Crippen molar-refractivity contribution in [3.63, 3.8) is 0 Å². The number of rotatable bonds is 3. The molecule has 3 heteroatoms. The number of allylic oxidation sites excluding steroid dienone is 6. The van der Waals surface area contributed by atoms with E-state index in [1.807, 2.05) is 0 Å². The number of hydrazine groups is 2. The van der Waals surface area contributed by atoms with Crippen LogP contribution < -0.4 is 0 Å². The Bertz CT molecular complexity index is 517. The summed E-state index contributed by atoms with van der Waals surface area (Å²) < 4.78 is 0. The average Bonchev–Trinajstić information content (AvgIpc) is 3.23. The lowest BCUT2D eigenvalue weighted by Crippen LogP contribution is -2.53. The maximum Gasteiger partial charge on any atom is 0.0872 e. The summed E-state index contributed by atoms with van der Waals surface area (Å²) in [5.41, 5.74) is 0. The summed E-state index contributed by atoms with van der Waals surface area (Å²) in [6.07, 6.45) is 30.2. The molecule has 20 heavy (non-hydrogen) atoms. The SMILES string of the molecule is C1=CC(N2C=CN(C3C=CC=C3)N2C2C=CC=C2)C=C1. The van der Waals surface area contributed by atoms with E-state index in [2.05, 4.69) is 100 Å². The summed E-state index contributed by atoms with van der Waals surface area (Å²) in [6.45, 7) is 0. The van der Waals surface area contributed by atoms with Crippen LogP contribution in [0.4, 0.5) is 0 Å². The van der Waals surface area contributed by atoms with Crippen LogP contribution in [0.5, 0.6) is 0 Å². The molecule has 0 bridgehead atoms. The minimum absolute atomic E-state index is 0.273. The first-order chi connectivity index (χ1) is 9.93. The minimum Gasteiger partial charge on any atom is -0.282 e. The second-order valence-corrected chi connectivity index (χ2v) is 5.16. The van der Waals surface area contributed by atoms with Crippen molar-refractivity contribution in [3.8, 4) is 0 Å². The van der Waals surface area contributed by atoms with Crippen LogP contribution in [0.25, 0.3) is 0 Å². The fourth-order valence-electron chi connectivity index (χ4n) is 2.94. The van der Waals surface area contributed by atoms with E-state index in [4.69, 9.17) is 0 Å². The molecule has 0 spiro atoms. The zero-order valence-corrected chi connectivity index (χ0v) is 11.2. The van der Waals surface area contributed by atoms with Gasteiger partial charge in [-0.25, -0.2) is 0 Å². The van der Waals surface area contributed by atoms with Crippen LogP contribution in [0, 0.1) is 0 Å². The van der Waals surface area contributed by atoms with Crippen molar-refractivity contribution in [1.82, 2.24) is 15.1 Å². The molecule has 0 unspecified atom stereocenters. The molecule has 0 saturated carbocycles. The van der Waals surface area contributed by atoms with Gasteiger partial charge in [-0.15, -0.1) is 5.12 Å². The molecule has 0 aromatic rings. The van der Waals surface area contributed by atoms with Gasteiger partial charge in [0.25, 0.3) is 0 Å². The van der Waals surface area contributed by atoms with Gasteiger partial charge >= 0.3 is 0 Å². The van der Waals surface area contributed by atoms with Crippen molar-refractivity contribution in [2.75, 3.05) is 0 Å². The topological polar surface area (TPSA) is 9.72 Å². The first-order valence-corrected chi connectivity index (χ1v) is 7.02. The maximum atomic E-state index is 2.31. The van der Waals surface area contributed by atoms with Crippen molar-refractivity contribution >= 4 is 0 Å². The minimum atomic E-state index is 0.273. The van der Waals surface area contributed by atoms with Gasteiger partial charge in [0.1, 0.15) is 0 Å². The van der Waals surface area contributed by atoms with Crippen molar-refractivity contribution in [2.45, 2.75) is 18.1 Å². The van der Waals surface area contributed by atoms with E-state index in [9.17, 15) is 0 Å². The van der Waals surface area contributed by atoms with Crippen molar-refractivity contribution < 1.29 is 0 Å². The second kappa shape index (κ2) is 4.69. The molecule has 0 radical (unpaired) electrons. The highest BCUT2D eigenvalue weighted by atomic mass is 15.9. The molecule has 3 nitrogen and oxygen atoms in total. The lowest BCUT2D eigenvalue weighted by molar-refractivity contribution is -0.129. The summed E-state index contributed by atoms with van der Waals surface area (Å²) in [4.78, 5) is 0. The second-order valence-electron chi connectivity index (χ2n) is 5.16. The third-order valence-electron chi connectivity index (χ3n) is 3.91. The van der Waals surface area contributed by atoms with Gasteiger partial charge in [0, 0.05) is 12.4 Å². The van der Waals surface area contributed by atoms with E-state index in [1.54, 1.807) is 0 Å². The number of hydrogen-bond acceptors (Lipinski definition) is 3. The average molecular weight is 263 g/mol. The van der Waals surface area contributed by atoms with Gasteiger partial charge < -0.3 is 0 Å². The summed E-state index contributed by atoms with van der Waals surface area (Å²) >= 11 is 0. The Balaban J connectivity index is 1.64. The van der Waals surface area contributed by atoms with Gasteiger partial charge in [-0.2, -0.15) is 0 Å². The van der Waals surface area contributed by atoms with Crippen LogP contribution in [-0.2, 0) is 0 Å². The fraction of sp³-hybridized carbons (Fsp3) is 0.176. The Kier molecular flexibility index (Phi) is 2.71. The van der Waals surface area contributed by atoms with Gasteiger partial charge in [-0.05, 0) is 0 Å². The molecule has 3 aliphatic carbocycles. The highest BCUT2D eigenvalue weighted by Crippen LogP contribution is 2.29. The lowest BCUT2D eigenvalue weighted by Gasteiger charge is -2.42. The highest BCUT2D eigenvalue weighted by molar-refractivity contribution is 5.28. The van der Waals surface area contributed by atoms with E-state index in [0.717, 1.165) is 0 Å². The van der Waals surface area contributed by atoms with E-state index in [1.165, 1.54) is 0 Å². The Morgan fingerprint density at radius 3 is 1.20 bits per heavy atom. The summed E-state index contributed by atoms with van der Waals surface area (Å²) in [6, 6.07) is 0.871. The van der Waals surface area contributed by atoms with Gasteiger partial charge in [-0.3, -0.25) is 10.0 Å². The smallest absolute Gasteiger partial charge is 0.0872 e. The molecule has 0 aromatic carbocycles. The number of hydrogen-bond donors (Lipinski definition) is 0. The molecule has 1 aliphatic heterocycles. The molecule has 0 atom stereocenters. The van der Waals surface area contributed by atoms with Crippen LogP contribution in [0.2, 0.25) is 0 Å². The van der Waals surface area contributed by atoms with Crippen LogP contribution in [0.1, 0.15) is 0 Å². The van der Waals surface area contributed by atoms with Gasteiger partial charge in [0.15, 0.2) is 0 Å². The predicted molar refractivity (Wildman–Crippen MR) is 80.9 cm³/mol. The fourth-order valence-corrected chi connectivity index (χ4v) is 2.94. The van der Waals surface area contributed by atoms with E-state index in [-0.39, 0.29) is 6.04 Å². The van der Waals surface area contributed by atoms with Crippen LogP contribution >= 0.6 is 0 Å². The predicted octanol–water partition coefficient (Wildman–Crippen LogP) is 2.69. The van der Waals surface area contributed by atoms with Crippen LogP contribution in [0.3, 0.4) is 0 Å². The Hall–Kier alpha value is -2.26. The molecule has 0 saturated heterocycles. The Labute approximate surface area is 119 Å².